The molecule has 12 heteroatoms. The highest BCUT2D eigenvalue weighted by atomic mass is 35.5. The zero-order valence-electron chi connectivity index (χ0n) is 24.3. The average Bonchev–Trinajstić information content (AvgIpc) is 3.00. The molecule has 0 saturated carbocycles. The Morgan fingerprint density at radius 1 is 0.929 bits per heavy atom. The van der Waals surface area contributed by atoms with E-state index in [4.69, 9.17) is 25.8 Å². The maximum absolute atomic E-state index is 14.1. The van der Waals surface area contributed by atoms with Gasteiger partial charge in [0.2, 0.25) is 11.8 Å². The number of nitrogens with one attached hydrogen (secondary N) is 1. The molecule has 0 radical (unpaired) electrons. The zero-order chi connectivity index (χ0) is 30.9. The van der Waals surface area contributed by atoms with Crippen LogP contribution in [0.3, 0.4) is 0 Å². The average molecular weight is 618 g/mol. The number of anilines is 1. The van der Waals surface area contributed by atoms with E-state index in [-0.39, 0.29) is 28.8 Å². The number of methoxy groups -OCH3 is 3. The monoisotopic (exact) mass is 617 g/mol. The Hall–Kier alpha value is -3.96. The van der Waals surface area contributed by atoms with Crippen LogP contribution in [0, 0.1) is 0 Å². The Kier molecular flexibility index (Phi) is 11.5. The Morgan fingerprint density at radius 2 is 1.62 bits per heavy atom. The summed E-state index contributed by atoms with van der Waals surface area (Å²) in [4.78, 5) is 28.3. The lowest BCUT2D eigenvalue weighted by Crippen LogP contribution is -2.51. The largest absolute Gasteiger partial charge is 0.497 e. The lowest BCUT2D eigenvalue weighted by molar-refractivity contribution is -0.139. The van der Waals surface area contributed by atoms with Crippen LogP contribution in [-0.2, 0) is 26.2 Å². The van der Waals surface area contributed by atoms with Gasteiger partial charge in [0.05, 0.1) is 31.9 Å². The van der Waals surface area contributed by atoms with Crippen molar-refractivity contribution < 1.29 is 32.2 Å². The fourth-order valence-electron chi connectivity index (χ4n) is 4.19. The van der Waals surface area contributed by atoms with Crippen molar-refractivity contribution >= 4 is 39.1 Å². The molecule has 0 unspecified atom stereocenters. The van der Waals surface area contributed by atoms with E-state index in [0.29, 0.717) is 28.6 Å². The van der Waals surface area contributed by atoms with E-state index in [1.165, 1.54) is 68.7 Å². The topological polar surface area (TPSA) is 114 Å². The van der Waals surface area contributed by atoms with Crippen molar-refractivity contribution in [1.29, 1.82) is 0 Å². The zero-order valence-corrected chi connectivity index (χ0v) is 25.9. The molecular formula is C30H36ClN3O7S. The van der Waals surface area contributed by atoms with Crippen LogP contribution in [0.2, 0.25) is 5.02 Å². The molecule has 0 heterocycles. The summed E-state index contributed by atoms with van der Waals surface area (Å²) >= 11 is 6.08. The predicted octanol–water partition coefficient (Wildman–Crippen LogP) is 4.50. The van der Waals surface area contributed by atoms with Crippen LogP contribution >= 0.6 is 11.6 Å². The molecule has 1 atom stereocenters. The SMILES string of the molecule is CCCNC(=O)[C@@H](C)N(Cc1cccc(OC)c1)C(=O)CN(c1ccc(Cl)cc1)S(=O)(=O)c1ccc(OC)c(OC)c1. The molecule has 10 nitrogen and oxygen atoms in total. The van der Waals surface area contributed by atoms with Crippen molar-refractivity contribution in [1.82, 2.24) is 10.2 Å². The molecular weight excluding hydrogens is 582 g/mol. The molecule has 0 aliphatic carbocycles. The quantitative estimate of drug-likeness (QED) is 0.283. The van der Waals surface area contributed by atoms with Crippen LogP contribution in [0.4, 0.5) is 5.69 Å². The molecule has 42 heavy (non-hydrogen) atoms. The maximum Gasteiger partial charge on any atom is 0.264 e. The van der Waals surface area contributed by atoms with Gasteiger partial charge in [0.15, 0.2) is 11.5 Å². The summed E-state index contributed by atoms with van der Waals surface area (Å²) in [7, 11) is 0.0663. The number of amides is 2. The van der Waals surface area contributed by atoms with Crippen LogP contribution in [0.5, 0.6) is 17.2 Å². The van der Waals surface area contributed by atoms with E-state index >= 15 is 0 Å². The van der Waals surface area contributed by atoms with Gasteiger partial charge >= 0.3 is 0 Å². The molecule has 3 rings (SSSR count). The van der Waals surface area contributed by atoms with Crippen molar-refractivity contribution in [3.05, 3.63) is 77.3 Å². The summed E-state index contributed by atoms with van der Waals surface area (Å²) in [5, 5.41) is 3.21. The minimum atomic E-state index is -4.31. The predicted molar refractivity (Wildman–Crippen MR) is 162 cm³/mol. The van der Waals surface area contributed by atoms with Crippen molar-refractivity contribution in [2.24, 2.45) is 0 Å². The van der Waals surface area contributed by atoms with Gasteiger partial charge < -0.3 is 24.4 Å². The molecule has 2 amide bonds. The van der Waals surface area contributed by atoms with Crippen molar-refractivity contribution in [2.45, 2.75) is 37.8 Å². The minimum absolute atomic E-state index is 0.0433. The van der Waals surface area contributed by atoms with Gasteiger partial charge in [0.1, 0.15) is 18.3 Å². The summed E-state index contributed by atoms with van der Waals surface area (Å²) in [6.07, 6.45) is 0.718. The first-order chi connectivity index (χ1) is 20.0. The molecule has 1 N–H and O–H groups in total. The van der Waals surface area contributed by atoms with Gasteiger partial charge in [-0.25, -0.2) is 8.42 Å². The standard InChI is InChI=1S/C30H36ClN3O7S/c1-6-16-32-30(36)21(2)33(19-22-8-7-9-25(17-22)39-3)29(35)20-34(24-12-10-23(31)11-13-24)42(37,38)26-14-15-27(40-4)28(18-26)41-5/h7-15,17-18,21H,6,16,19-20H2,1-5H3,(H,32,36)/t21-/m1/s1. The number of sulfonamides is 1. The van der Waals surface area contributed by atoms with Crippen LogP contribution in [0.1, 0.15) is 25.8 Å². The Bertz CT molecular complexity index is 1480. The number of carbonyl (C=O) groups excluding carboxylic acids is 2. The summed E-state index contributed by atoms with van der Waals surface area (Å²) < 4.78 is 45.0. The third kappa shape index (κ3) is 7.86. The second-order valence-electron chi connectivity index (χ2n) is 9.35. The number of carbonyl (C=O) groups is 2. The molecule has 0 fully saturated rings. The third-order valence-corrected chi connectivity index (χ3v) is 8.56. The lowest BCUT2D eigenvalue weighted by atomic mass is 10.1. The van der Waals surface area contributed by atoms with Gasteiger partial charge in [0, 0.05) is 24.2 Å². The normalized spacial score (nSPS) is 11.8. The molecule has 3 aromatic carbocycles. The van der Waals surface area contributed by atoms with E-state index in [2.05, 4.69) is 5.32 Å². The number of ether oxygens (including phenoxy) is 3. The highest BCUT2D eigenvalue weighted by Gasteiger charge is 2.33. The Labute approximate surface area is 252 Å². The van der Waals surface area contributed by atoms with Gasteiger partial charge in [0.25, 0.3) is 10.0 Å². The number of rotatable bonds is 14. The summed E-state index contributed by atoms with van der Waals surface area (Å²) in [5.41, 5.74) is 0.922. The van der Waals surface area contributed by atoms with Crippen LogP contribution in [0.25, 0.3) is 0 Å². The highest BCUT2D eigenvalue weighted by molar-refractivity contribution is 7.92. The molecule has 226 valence electrons. The van der Waals surface area contributed by atoms with Crippen molar-refractivity contribution in [3.63, 3.8) is 0 Å². The number of hydrogen-bond acceptors (Lipinski definition) is 7. The Morgan fingerprint density at radius 3 is 2.24 bits per heavy atom. The Balaban J connectivity index is 2.06. The fourth-order valence-corrected chi connectivity index (χ4v) is 5.74. The smallest absolute Gasteiger partial charge is 0.264 e. The van der Waals surface area contributed by atoms with E-state index in [0.717, 1.165) is 10.7 Å². The molecule has 0 saturated heterocycles. The maximum atomic E-state index is 14.1. The van der Waals surface area contributed by atoms with Crippen LogP contribution in [-0.4, -0.2) is 65.6 Å². The van der Waals surface area contributed by atoms with Gasteiger partial charge in [-0.05, 0) is 67.4 Å². The van der Waals surface area contributed by atoms with Crippen molar-refractivity contribution in [2.75, 3.05) is 38.7 Å². The van der Waals surface area contributed by atoms with E-state index in [1.54, 1.807) is 31.2 Å². The highest BCUT2D eigenvalue weighted by Crippen LogP contribution is 2.32. The van der Waals surface area contributed by atoms with Gasteiger partial charge in [-0.2, -0.15) is 0 Å². The second-order valence-corrected chi connectivity index (χ2v) is 11.6. The third-order valence-electron chi connectivity index (χ3n) is 6.54. The molecule has 0 aliphatic heterocycles. The lowest BCUT2D eigenvalue weighted by Gasteiger charge is -2.32. The first-order valence-corrected chi connectivity index (χ1v) is 15.1. The van der Waals surface area contributed by atoms with Gasteiger partial charge in [-0.3, -0.25) is 13.9 Å². The first kappa shape index (κ1) is 32.6. The van der Waals surface area contributed by atoms with Crippen LogP contribution < -0.4 is 23.8 Å². The van der Waals surface area contributed by atoms with Crippen LogP contribution in [0.15, 0.2) is 71.6 Å². The summed E-state index contributed by atoms with van der Waals surface area (Å²) in [6.45, 7) is 3.43. The van der Waals surface area contributed by atoms with Crippen molar-refractivity contribution in [3.8, 4) is 17.2 Å². The number of benzene rings is 3. The van der Waals surface area contributed by atoms with E-state index < -0.39 is 28.5 Å². The second kappa shape index (κ2) is 14.8. The van der Waals surface area contributed by atoms with E-state index in [1.807, 2.05) is 6.92 Å². The molecule has 0 aromatic heterocycles. The molecule has 0 spiro atoms. The van der Waals surface area contributed by atoms with Gasteiger partial charge in [-0.15, -0.1) is 0 Å². The number of halogens is 1. The summed E-state index contributed by atoms with van der Waals surface area (Å²) in [5.74, 6) is 0.204. The number of nitrogens with zero attached hydrogens (tertiary/aromatic N) is 2. The molecule has 0 bridgehead atoms. The van der Waals surface area contributed by atoms with E-state index in [9.17, 15) is 18.0 Å². The molecule has 0 aliphatic rings. The molecule has 3 aromatic rings. The fraction of sp³-hybridized carbons (Fsp3) is 0.333. The number of hydrogen-bond donors (Lipinski definition) is 1. The first-order valence-electron chi connectivity index (χ1n) is 13.3. The van der Waals surface area contributed by atoms with Gasteiger partial charge in [-0.1, -0.05) is 30.7 Å². The summed E-state index contributed by atoms with van der Waals surface area (Å²) in [6, 6.07) is 16.5. The minimum Gasteiger partial charge on any atom is -0.497 e.